The first-order valence-corrected chi connectivity index (χ1v) is 7.12. The highest BCUT2D eigenvalue weighted by atomic mass is 19.1. The summed E-state index contributed by atoms with van der Waals surface area (Å²) in [4.78, 5) is 25.9. The minimum atomic E-state index is -0.832. The number of benzene rings is 2. The van der Waals surface area contributed by atoms with Gasteiger partial charge in [-0.15, -0.1) is 0 Å². The number of nitrogens with zero attached hydrogens (tertiary/aromatic N) is 1. The summed E-state index contributed by atoms with van der Waals surface area (Å²) in [5.41, 5.74) is 1.80. The minimum Gasteiger partial charge on any atom is -0.315 e. The molecule has 3 rings (SSSR count). The quantitative estimate of drug-likeness (QED) is 0.823. The van der Waals surface area contributed by atoms with E-state index >= 15 is 0 Å². The lowest BCUT2D eigenvalue weighted by Crippen LogP contribution is -2.42. The third-order valence-electron chi connectivity index (χ3n) is 3.67. The van der Waals surface area contributed by atoms with Crippen LogP contribution < -0.4 is 10.2 Å². The second-order valence-electron chi connectivity index (χ2n) is 5.12. The summed E-state index contributed by atoms with van der Waals surface area (Å²) in [6.45, 7) is 0.487. The summed E-state index contributed by atoms with van der Waals surface area (Å²) in [7, 11) is 0. The molecular formula is C17H15FN2O2. The normalized spacial score (nSPS) is 13.4. The largest absolute Gasteiger partial charge is 0.316 e. The maximum absolute atomic E-state index is 13.6. The van der Waals surface area contributed by atoms with Crippen LogP contribution in [-0.2, 0) is 16.0 Å². The molecule has 5 heteroatoms. The first-order valence-electron chi connectivity index (χ1n) is 7.12. The Morgan fingerprint density at radius 3 is 2.59 bits per heavy atom. The predicted molar refractivity (Wildman–Crippen MR) is 82.1 cm³/mol. The Morgan fingerprint density at radius 2 is 1.77 bits per heavy atom. The standard InChI is InChI=1S/C17H15FN2O2/c18-13-8-2-3-9-14(13)19-16(21)17(22)20-11-5-7-12-6-1-4-10-15(12)20/h1-4,6,8-10H,5,7,11H2,(H,19,21). The van der Waals surface area contributed by atoms with Crippen LogP contribution in [0.5, 0.6) is 0 Å². The van der Waals surface area contributed by atoms with Crippen LogP contribution in [0.1, 0.15) is 12.0 Å². The van der Waals surface area contributed by atoms with Crippen molar-refractivity contribution in [2.45, 2.75) is 12.8 Å². The number of nitrogens with one attached hydrogen (secondary N) is 1. The second kappa shape index (κ2) is 5.97. The van der Waals surface area contributed by atoms with Gasteiger partial charge in [0, 0.05) is 12.2 Å². The smallest absolute Gasteiger partial charge is 0.315 e. The lowest BCUT2D eigenvalue weighted by Gasteiger charge is -2.28. The highest BCUT2D eigenvalue weighted by Gasteiger charge is 2.27. The Balaban J connectivity index is 1.80. The molecule has 2 aromatic rings. The summed E-state index contributed by atoms with van der Waals surface area (Å²) in [6.07, 6.45) is 1.69. The van der Waals surface area contributed by atoms with Crippen molar-refractivity contribution in [3.8, 4) is 0 Å². The summed E-state index contributed by atoms with van der Waals surface area (Å²) >= 11 is 0. The predicted octanol–water partition coefficient (Wildman–Crippen LogP) is 2.74. The molecule has 1 heterocycles. The fourth-order valence-corrected chi connectivity index (χ4v) is 2.61. The third kappa shape index (κ3) is 2.70. The zero-order valence-corrected chi connectivity index (χ0v) is 11.9. The molecule has 4 nitrogen and oxygen atoms in total. The number of halogens is 1. The monoisotopic (exact) mass is 298 g/mol. The van der Waals surface area contributed by atoms with E-state index in [4.69, 9.17) is 0 Å². The van der Waals surface area contributed by atoms with Gasteiger partial charge in [-0.25, -0.2) is 4.39 Å². The number of carbonyl (C=O) groups is 2. The van der Waals surface area contributed by atoms with E-state index in [1.165, 1.54) is 23.1 Å². The van der Waals surface area contributed by atoms with Crippen molar-refractivity contribution in [1.82, 2.24) is 0 Å². The van der Waals surface area contributed by atoms with E-state index in [2.05, 4.69) is 5.32 Å². The van der Waals surface area contributed by atoms with Crippen LogP contribution in [0, 0.1) is 5.82 Å². The Labute approximate surface area is 127 Å². The van der Waals surface area contributed by atoms with Crippen molar-refractivity contribution in [2.75, 3.05) is 16.8 Å². The lowest BCUT2D eigenvalue weighted by molar-refractivity contribution is -0.134. The molecule has 0 bridgehead atoms. The van der Waals surface area contributed by atoms with E-state index in [0.29, 0.717) is 6.54 Å². The van der Waals surface area contributed by atoms with Gasteiger partial charge in [-0.1, -0.05) is 30.3 Å². The van der Waals surface area contributed by atoms with E-state index in [0.717, 1.165) is 24.1 Å². The summed E-state index contributed by atoms with van der Waals surface area (Å²) in [6, 6.07) is 13.3. The molecule has 1 N–H and O–H groups in total. The third-order valence-corrected chi connectivity index (χ3v) is 3.67. The van der Waals surface area contributed by atoms with Gasteiger partial charge in [-0.05, 0) is 36.6 Å². The number of hydrogen-bond acceptors (Lipinski definition) is 2. The fourth-order valence-electron chi connectivity index (χ4n) is 2.61. The highest BCUT2D eigenvalue weighted by Crippen LogP contribution is 2.27. The number of aryl methyl sites for hydroxylation is 1. The molecule has 0 unspecified atom stereocenters. The van der Waals surface area contributed by atoms with Gasteiger partial charge in [0.2, 0.25) is 0 Å². The van der Waals surface area contributed by atoms with Crippen LogP contribution in [0.25, 0.3) is 0 Å². The van der Waals surface area contributed by atoms with Crippen LogP contribution in [0.15, 0.2) is 48.5 Å². The van der Waals surface area contributed by atoms with E-state index in [-0.39, 0.29) is 5.69 Å². The average molecular weight is 298 g/mol. The van der Waals surface area contributed by atoms with Crippen LogP contribution >= 0.6 is 0 Å². The molecule has 1 aliphatic heterocycles. The molecule has 0 saturated heterocycles. The van der Waals surface area contributed by atoms with Gasteiger partial charge in [-0.2, -0.15) is 0 Å². The minimum absolute atomic E-state index is 0.00569. The van der Waals surface area contributed by atoms with E-state index < -0.39 is 17.6 Å². The van der Waals surface area contributed by atoms with Crippen molar-refractivity contribution in [3.63, 3.8) is 0 Å². The van der Waals surface area contributed by atoms with Gasteiger partial charge in [0.1, 0.15) is 5.82 Å². The summed E-state index contributed by atoms with van der Waals surface area (Å²) in [5, 5.41) is 2.33. The van der Waals surface area contributed by atoms with Gasteiger partial charge in [0.15, 0.2) is 0 Å². The molecule has 112 valence electrons. The first kappa shape index (κ1) is 14.3. The molecule has 0 radical (unpaired) electrons. The van der Waals surface area contributed by atoms with E-state index in [1.54, 1.807) is 6.07 Å². The van der Waals surface area contributed by atoms with Crippen molar-refractivity contribution in [1.29, 1.82) is 0 Å². The molecule has 2 amide bonds. The number of rotatable bonds is 1. The molecule has 2 aromatic carbocycles. The number of anilines is 2. The zero-order valence-electron chi connectivity index (χ0n) is 11.9. The van der Waals surface area contributed by atoms with Gasteiger partial charge >= 0.3 is 11.8 Å². The summed E-state index contributed by atoms with van der Waals surface area (Å²) in [5.74, 6) is -2.07. The van der Waals surface area contributed by atoms with Crippen LogP contribution in [-0.4, -0.2) is 18.4 Å². The van der Waals surface area contributed by atoms with Crippen molar-refractivity contribution >= 4 is 23.2 Å². The fraction of sp³-hybridized carbons (Fsp3) is 0.176. The van der Waals surface area contributed by atoms with Gasteiger partial charge in [0.05, 0.1) is 5.69 Å². The maximum atomic E-state index is 13.6. The maximum Gasteiger partial charge on any atom is 0.316 e. The molecular weight excluding hydrogens is 283 g/mol. The second-order valence-corrected chi connectivity index (χ2v) is 5.12. The molecule has 0 atom stereocenters. The molecule has 0 aromatic heterocycles. The highest BCUT2D eigenvalue weighted by molar-refractivity contribution is 6.44. The Morgan fingerprint density at radius 1 is 1.05 bits per heavy atom. The number of amides is 2. The molecule has 22 heavy (non-hydrogen) atoms. The number of para-hydroxylation sites is 2. The number of hydrogen-bond donors (Lipinski definition) is 1. The zero-order chi connectivity index (χ0) is 15.5. The van der Waals surface area contributed by atoms with Gasteiger partial charge in [-0.3, -0.25) is 9.59 Å². The molecule has 0 fully saturated rings. The van der Waals surface area contributed by atoms with E-state index in [9.17, 15) is 14.0 Å². The molecule has 0 spiro atoms. The first-order chi connectivity index (χ1) is 10.7. The van der Waals surface area contributed by atoms with Crippen molar-refractivity contribution in [2.24, 2.45) is 0 Å². The molecule has 0 saturated carbocycles. The molecule has 1 aliphatic rings. The van der Waals surface area contributed by atoms with Gasteiger partial charge < -0.3 is 10.2 Å². The number of fused-ring (bicyclic) bond motifs is 1. The van der Waals surface area contributed by atoms with Crippen molar-refractivity contribution in [3.05, 3.63) is 59.9 Å². The number of carbonyl (C=O) groups excluding carboxylic acids is 2. The Bertz CT molecular complexity index is 730. The average Bonchev–Trinajstić information content (AvgIpc) is 2.55. The summed E-state index contributed by atoms with van der Waals surface area (Å²) < 4.78 is 13.6. The van der Waals surface area contributed by atoms with Gasteiger partial charge in [0.25, 0.3) is 0 Å². The Hall–Kier alpha value is -2.69. The topological polar surface area (TPSA) is 49.4 Å². The van der Waals surface area contributed by atoms with Crippen LogP contribution in [0.3, 0.4) is 0 Å². The SMILES string of the molecule is O=C(Nc1ccccc1F)C(=O)N1CCCc2ccccc21. The van der Waals surface area contributed by atoms with E-state index in [1.807, 2.05) is 24.3 Å². The molecule has 0 aliphatic carbocycles. The van der Waals surface area contributed by atoms with Crippen LogP contribution in [0.2, 0.25) is 0 Å². The lowest BCUT2D eigenvalue weighted by atomic mass is 10.0. The van der Waals surface area contributed by atoms with Crippen molar-refractivity contribution < 1.29 is 14.0 Å². The Kier molecular flexibility index (Phi) is 3.87. The van der Waals surface area contributed by atoms with Crippen LogP contribution in [0.4, 0.5) is 15.8 Å².